The molecule has 0 saturated carbocycles. The van der Waals surface area contributed by atoms with Crippen LogP contribution in [-0.4, -0.2) is 12.0 Å². The molecule has 2 rings (SSSR count). The Morgan fingerprint density at radius 3 is 2.67 bits per heavy atom. The van der Waals surface area contributed by atoms with Crippen molar-refractivity contribution in [2.24, 2.45) is 0 Å². The summed E-state index contributed by atoms with van der Waals surface area (Å²) in [5, 5.41) is 3.33. The second kappa shape index (κ2) is 5.42. The normalized spacial score (nSPS) is 12.4. The van der Waals surface area contributed by atoms with E-state index in [9.17, 15) is 8.78 Å². The molecule has 0 aliphatic heterocycles. The molecule has 0 bridgehead atoms. The first kappa shape index (κ1) is 12.9. The van der Waals surface area contributed by atoms with Crippen LogP contribution >= 0.6 is 11.6 Å². The maximum Gasteiger partial charge on any atom is 0.128 e. The molecule has 0 spiro atoms. The molecular formula is C13H11ClF2N2. The Hall–Kier alpha value is -1.52. The minimum absolute atomic E-state index is 0.214. The van der Waals surface area contributed by atoms with Crippen molar-refractivity contribution in [3.05, 3.63) is 64.4 Å². The van der Waals surface area contributed by atoms with Crippen molar-refractivity contribution < 1.29 is 8.78 Å². The van der Waals surface area contributed by atoms with Gasteiger partial charge in [0.2, 0.25) is 0 Å². The van der Waals surface area contributed by atoms with Crippen LogP contribution in [0.5, 0.6) is 0 Å². The number of rotatable bonds is 3. The Morgan fingerprint density at radius 1 is 1.22 bits per heavy atom. The lowest BCUT2D eigenvalue weighted by molar-refractivity contribution is 0.558. The van der Waals surface area contributed by atoms with Crippen molar-refractivity contribution in [1.29, 1.82) is 0 Å². The summed E-state index contributed by atoms with van der Waals surface area (Å²) < 4.78 is 27.0. The number of nitrogens with zero attached hydrogens (tertiary/aromatic N) is 1. The van der Waals surface area contributed by atoms with Gasteiger partial charge < -0.3 is 5.32 Å². The van der Waals surface area contributed by atoms with E-state index in [-0.39, 0.29) is 5.56 Å². The zero-order valence-corrected chi connectivity index (χ0v) is 10.4. The third-order valence-corrected chi connectivity index (χ3v) is 2.99. The van der Waals surface area contributed by atoms with Crippen LogP contribution in [0.3, 0.4) is 0 Å². The fraction of sp³-hybridized carbons (Fsp3) is 0.154. The summed E-state index contributed by atoms with van der Waals surface area (Å²) in [6.07, 6.45) is 3.03. The van der Waals surface area contributed by atoms with Crippen molar-refractivity contribution in [3.63, 3.8) is 0 Å². The Kier molecular flexibility index (Phi) is 3.89. The van der Waals surface area contributed by atoms with Gasteiger partial charge >= 0.3 is 0 Å². The highest BCUT2D eigenvalue weighted by molar-refractivity contribution is 6.31. The average molecular weight is 269 g/mol. The average Bonchev–Trinajstić information content (AvgIpc) is 2.36. The van der Waals surface area contributed by atoms with Gasteiger partial charge in [0.1, 0.15) is 11.6 Å². The van der Waals surface area contributed by atoms with Crippen molar-refractivity contribution in [2.45, 2.75) is 6.04 Å². The molecule has 0 radical (unpaired) electrons. The number of hydrogen-bond donors (Lipinski definition) is 1. The molecule has 1 heterocycles. The molecule has 2 nitrogen and oxygen atoms in total. The molecule has 94 valence electrons. The molecule has 0 aliphatic carbocycles. The predicted octanol–water partition coefficient (Wildman–Crippen LogP) is 3.32. The summed E-state index contributed by atoms with van der Waals surface area (Å²) >= 11 is 6.02. The Bertz CT molecular complexity index is 560. The largest absolute Gasteiger partial charge is 0.309 e. The van der Waals surface area contributed by atoms with Crippen LogP contribution in [0, 0.1) is 11.6 Å². The maximum atomic E-state index is 13.8. The molecule has 18 heavy (non-hydrogen) atoms. The summed E-state index contributed by atoms with van der Waals surface area (Å²) in [7, 11) is 1.66. The van der Waals surface area contributed by atoms with Crippen LogP contribution in [0.4, 0.5) is 8.78 Å². The van der Waals surface area contributed by atoms with Gasteiger partial charge in [-0.15, -0.1) is 0 Å². The van der Waals surface area contributed by atoms with Crippen LogP contribution in [0.2, 0.25) is 5.02 Å². The Labute approximate surface area is 109 Å². The summed E-state index contributed by atoms with van der Waals surface area (Å²) in [6, 6.07) is 4.50. The van der Waals surface area contributed by atoms with E-state index in [1.807, 2.05) is 0 Å². The quantitative estimate of drug-likeness (QED) is 0.924. The van der Waals surface area contributed by atoms with E-state index in [1.165, 1.54) is 6.20 Å². The fourth-order valence-corrected chi connectivity index (χ4v) is 2.06. The number of pyridine rings is 1. The number of nitrogens with one attached hydrogen (secondary N) is 1. The molecule has 0 fully saturated rings. The molecule has 1 aromatic carbocycles. The number of benzene rings is 1. The summed E-state index contributed by atoms with van der Waals surface area (Å²) in [5.74, 6) is -0.972. The molecule has 2 aromatic rings. The fourth-order valence-electron chi connectivity index (χ4n) is 1.83. The molecule has 1 N–H and O–H groups in total. The van der Waals surface area contributed by atoms with Gasteiger partial charge in [-0.3, -0.25) is 4.98 Å². The van der Waals surface area contributed by atoms with Gasteiger partial charge in [-0.2, -0.15) is 0 Å². The van der Waals surface area contributed by atoms with Gasteiger partial charge in [0.25, 0.3) is 0 Å². The zero-order valence-electron chi connectivity index (χ0n) is 9.62. The Balaban J connectivity index is 2.52. The molecule has 1 unspecified atom stereocenters. The van der Waals surface area contributed by atoms with Crippen molar-refractivity contribution >= 4 is 11.6 Å². The minimum Gasteiger partial charge on any atom is -0.309 e. The monoisotopic (exact) mass is 268 g/mol. The number of aromatic nitrogens is 1. The van der Waals surface area contributed by atoms with Crippen LogP contribution in [0.15, 0.2) is 36.7 Å². The number of halogens is 3. The molecule has 1 aromatic heterocycles. The first-order valence-electron chi connectivity index (χ1n) is 5.35. The summed E-state index contributed by atoms with van der Waals surface area (Å²) in [6.45, 7) is 0. The van der Waals surface area contributed by atoms with Crippen LogP contribution < -0.4 is 5.32 Å². The molecule has 0 saturated heterocycles. The SMILES string of the molecule is CNC(c1cc(F)ccc1F)c1ccncc1Cl. The second-order valence-electron chi connectivity index (χ2n) is 3.78. The highest BCUT2D eigenvalue weighted by Crippen LogP contribution is 2.29. The highest BCUT2D eigenvalue weighted by Gasteiger charge is 2.19. The molecule has 1 atom stereocenters. The van der Waals surface area contributed by atoms with Crippen LogP contribution in [-0.2, 0) is 0 Å². The summed E-state index contributed by atoms with van der Waals surface area (Å²) in [4.78, 5) is 3.87. The molecule has 0 aliphatic rings. The van der Waals surface area contributed by atoms with Crippen molar-refractivity contribution in [1.82, 2.24) is 10.3 Å². The Morgan fingerprint density at radius 2 is 2.00 bits per heavy atom. The lowest BCUT2D eigenvalue weighted by Crippen LogP contribution is -2.19. The smallest absolute Gasteiger partial charge is 0.128 e. The first-order chi connectivity index (χ1) is 8.63. The molecular weight excluding hydrogens is 258 g/mol. The van der Waals surface area contributed by atoms with E-state index in [0.29, 0.717) is 10.6 Å². The van der Waals surface area contributed by atoms with Gasteiger partial charge in [0, 0.05) is 18.0 Å². The van der Waals surface area contributed by atoms with Gasteiger partial charge in [0.05, 0.1) is 11.1 Å². The van der Waals surface area contributed by atoms with E-state index < -0.39 is 17.7 Å². The van der Waals surface area contributed by atoms with E-state index in [2.05, 4.69) is 10.3 Å². The zero-order chi connectivity index (χ0) is 13.1. The maximum absolute atomic E-state index is 13.8. The first-order valence-corrected chi connectivity index (χ1v) is 5.73. The van der Waals surface area contributed by atoms with Crippen LogP contribution in [0.1, 0.15) is 17.2 Å². The van der Waals surface area contributed by atoms with Crippen molar-refractivity contribution in [2.75, 3.05) is 7.05 Å². The highest BCUT2D eigenvalue weighted by atomic mass is 35.5. The van der Waals surface area contributed by atoms with Crippen molar-refractivity contribution in [3.8, 4) is 0 Å². The third kappa shape index (κ3) is 2.49. The second-order valence-corrected chi connectivity index (χ2v) is 4.19. The topological polar surface area (TPSA) is 24.9 Å². The van der Waals surface area contributed by atoms with Gasteiger partial charge in [-0.05, 0) is 36.9 Å². The summed E-state index contributed by atoms with van der Waals surface area (Å²) in [5.41, 5.74) is 0.865. The predicted molar refractivity (Wildman–Crippen MR) is 66.5 cm³/mol. The van der Waals surface area contributed by atoms with Gasteiger partial charge in [-0.1, -0.05) is 11.6 Å². The lowest BCUT2D eigenvalue weighted by atomic mass is 9.99. The van der Waals surface area contributed by atoms with Gasteiger partial charge in [0.15, 0.2) is 0 Å². The van der Waals surface area contributed by atoms with E-state index >= 15 is 0 Å². The van der Waals surface area contributed by atoms with Gasteiger partial charge in [-0.25, -0.2) is 8.78 Å². The minimum atomic E-state index is -0.517. The standard InChI is InChI=1S/C13H11ClF2N2/c1-17-13(9-4-5-18-7-11(9)14)10-6-8(15)2-3-12(10)16/h2-7,13,17H,1H3. The molecule has 5 heteroatoms. The number of hydrogen-bond acceptors (Lipinski definition) is 2. The van der Waals surface area contributed by atoms with E-state index in [4.69, 9.17) is 11.6 Å². The third-order valence-electron chi connectivity index (χ3n) is 2.67. The van der Waals surface area contributed by atoms with Crippen LogP contribution in [0.25, 0.3) is 0 Å². The molecule has 0 amide bonds. The lowest BCUT2D eigenvalue weighted by Gasteiger charge is -2.18. The van der Waals surface area contributed by atoms with E-state index in [0.717, 1.165) is 18.2 Å². The van der Waals surface area contributed by atoms with E-state index in [1.54, 1.807) is 19.3 Å².